The maximum Gasteiger partial charge on any atom is 0.230 e. The van der Waals surface area contributed by atoms with Gasteiger partial charge in [-0.1, -0.05) is 17.7 Å². The van der Waals surface area contributed by atoms with Gasteiger partial charge in [0, 0.05) is 34.8 Å². The Morgan fingerprint density at radius 1 is 1.16 bits per heavy atom. The smallest absolute Gasteiger partial charge is 0.230 e. The fourth-order valence-electron chi connectivity index (χ4n) is 3.90. The SMILES string of the molecule is Cc1ccc(NC(=O)CCS(=O)(=O)c2ccc3c(c2)C[C@H](C)N3C(=O)C2CC2)cc1Cl. The molecule has 8 heteroatoms. The second-order valence-electron chi connectivity index (χ2n) is 8.41. The molecule has 2 aromatic rings. The van der Waals surface area contributed by atoms with E-state index < -0.39 is 9.84 Å². The van der Waals surface area contributed by atoms with Crippen molar-refractivity contribution in [2.75, 3.05) is 16.0 Å². The van der Waals surface area contributed by atoms with Crippen LogP contribution in [-0.2, 0) is 25.8 Å². The molecule has 0 spiro atoms. The van der Waals surface area contributed by atoms with Gasteiger partial charge in [0.05, 0.1) is 10.6 Å². The normalized spacial score (nSPS) is 18.0. The molecule has 1 N–H and O–H groups in total. The summed E-state index contributed by atoms with van der Waals surface area (Å²) in [6.07, 6.45) is 2.33. The van der Waals surface area contributed by atoms with Crippen LogP contribution >= 0.6 is 11.6 Å². The molecule has 0 bridgehead atoms. The number of sulfone groups is 1. The first-order chi connectivity index (χ1) is 14.7. The number of carbonyl (C=O) groups is 2. The summed E-state index contributed by atoms with van der Waals surface area (Å²) in [6.45, 7) is 3.84. The highest BCUT2D eigenvalue weighted by molar-refractivity contribution is 7.91. The Kier molecular flexibility index (Phi) is 5.83. The first-order valence-corrected chi connectivity index (χ1v) is 12.4. The van der Waals surface area contributed by atoms with Crippen LogP contribution in [0.4, 0.5) is 11.4 Å². The largest absolute Gasteiger partial charge is 0.326 e. The summed E-state index contributed by atoms with van der Waals surface area (Å²) >= 11 is 6.06. The highest BCUT2D eigenvalue weighted by atomic mass is 35.5. The molecular weight excluding hydrogens is 436 g/mol. The van der Waals surface area contributed by atoms with Gasteiger partial charge in [0.2, 0.25) is 11.8 Å². The van der Waals surface area contributed by atoms with Gasteiger partial charge >= 0.3 is 0 Å². The van der Waals surface area contributed by atoms with Gasteiger partial charge in [0.15, 0.2) is 9.84 Å². The van der Waals surface area contributed by atoms with Gasteiger partial charge in [-0.15, -0.1) is 0 Å². The van der Waals surface area contributed by atoms with E-state index in [9.17, 15) is 18.0 Å². The summed E-state index contributed by atoms with van der Waals surface area (Å²) in [5.74, 6) is -0.440. The van der Waals surface area contributed by atoms with E-state index in [0.717, 1.165) is 29.7 Å². The van der Waals surface area contributed by atoms with Gasteiger partial charge in [-0.05, 0) is 74.6 Å². The zero-order chi connectivity index (χ0) is 22.3. The number of amides is 2. The van der Waals surface area contributed by atoms with E-state index in [1.54, 1.807) is 30.3 Å². The third-order valence-electron chi connectivity index (χ3n) is 5.84. The van der Waals surface area contributed by atoms with E-state index in [2.05, 4.69) is 5.32 Å². The first kappa shape index (κ1) is 21.8. The zero-order valence-electron chi connectivity index (χ0n) is 17.5. The number of halogens is 1. The van der Waals surface area contributed by atoms with E-state index in [1.807, 2.05) is 18.7 Å². The van der Waals surface area contributed by atoms with Crippen LogP contribution in [0.5, 0.6) is 0 Å². The molecule has 1 fully saturated rings. The summed E-state index contributed by atoms with van der Waals surface area (Å²) in [7, 11) is -3.63. The van der Waals surface area contributed by atoms with Crippen LogP contribution in [0, 0.1) is 12.8 Å². The Morgan fingerprint density at radius 3 is 2.58 bits per heavy atom. The molecule has 1 aliphatic carbocycles. The molecular formula is C23H25ClN2O4S. The van der Waals surface area contributed by atoms with Gasteiger partial charge in [0.1, 0.15) is 0 Å². The molecule has 31 heavy (non-hydrogen) atoms. The fraction of sp³-hybridized carbons (Fsp3) is 0.391. The monoisotopic (exact) mass is 460 g/mol. The lowest BCUT2D eigenvalue weighted by molar-refractivity contribution is -0.120. The van der Waals surface area contributed by atoms with Crippen LogP contribution in [0.2, 0.25) is 5.02 Å². The third kappa shape index (κ3) is 4.62. The van der Waals surface area contributed by atoms with Crippen molar-refractivity contribution in [3.8, 4) is 0 Å². The minimum Gasteiger partial charge on any atom is -0.326 e. The van der Waals surface area contributed by atoms with E-state index in [1.165, 1.54) is 6.07 Å². The summed E-state index contributed by atoms with van der Waals surface area (Å²) < 4.78 is 25.6. The van der Waals surface area contributed by atoms with Crippen LogP contribution in [-0.4, -0.2) is 32.0 Å². The molecule has 0 aromatic heterocycles. The van der Waals surface area contributed by atoms with Gasteiger partial charge < -0.3 is 10.2 Å². The van der Waals surface area contributed by atoms with E-state index in [4.69, 9.17) is 11.6 Å². The molecule has 1 atom stereocenters. The van der Waals surface area contributed by atoms with Crippen molar-refractivity contribution in [2.45, 2.75) is 50.5 Å². The van der Waals surface area contributed by atoms with Crippen LogP contribution in [0.25, 0.3) is 0 Å². The first-order valence-electron chi connectivity index (χ1n) is 10.4. The molecule has 2 aromatic carbocycles. The van der Waals surface area contributed by atoms with Gasteiger partial charge in [-0.3, -0.25) is 9.59 Å². The number of anilines is 2. The molecule has 0 unspecified atom stereocenters. The zero-order valence-corrected chi connectivity index (χ0v) is 19.1. The number of nitrogens with one attached hydrogen (secondary N) is 1. The molecule has 2 aliphatic rings. The number of carbonyl (C=O) groups excluding carboxylic acids is 2. The Hall–Kier alpha value is -2.38. The molecule has 1 heterocycles. The predicted molar refractivity (Wildman–Crippen MR) is 121 cm³/mol. The number of fused-ring (bicyclic) bond motifs is 1. The highest BCUT2D eigenvalue weighted by Gasteiger charge is 2.39. The quantitative estimate of drug-likeness (QED) is 0.702. The van der Waals surface area contributed by atoms with Crippen molar-refractivity contribution in [1.82, 2.24) is 0 Å². The Labute approximate surface area is 187 Å². The van der Waals surface area contributed by atoms with E-state index in [-0.39, 0.29) is 40.8 Å². The predicted octanol–water partition coefficient (Wildman–Crippen LogP) is 4.14. The van der Waals surface area contributed by atoms with Crippen molar-refractivity contribution in [3.05, 3.63) is 52.5 Å². The number of benzene rings is 2. The molecule has 164 valence electrons. The number of hydrogen-bond acceptors (Lipinski definition) is 4. The van der Waals surface area contributed by atoms with Crippen molar-refractivity contribution in [3.63, 3.8) is 0 Å². The topological polar surface area (TPSA) is 83.6 Å². The number of hydrogen-bond donors (Lipinski definition) is 1. The summed E-state index contributed by atoms with van der Waals surface area (Å²) in [5, 5.41) is 3.22. The van der Waals surface area contributed by atoms with Crippen LogP contribution in [0.1, 0.15) is 37.3 Å². The molecule has 2 amide bonds. The Morgan fingerprint density at radius 2 is 1.90 bits per heavy atom. The average Bonchev–Trinajstić information content (AvgIpc) is 3.51. The second kappa shape index (κ2) is 8.28. The van der Waals surface area contributed by atoms with Crippen molar-refractivity contribution < 1.29 is 18.0 Å². The van der Waals surface area contributed by atoms with E-state index >= 15 is 0 Å². The maximum absolute atomic E-state index is 12.8. The third-order valence-corrected chi connectivity index (χ3v) is 7.96. The molecule has 1 saturated carbocycles. The van der Waals surface area contributed by atoms with Crippen LogP contribution in [0.15, 0.2) is 41.3 Å². The Bertz CT molecular complexity index is 1160. The van der Waals surface area contributed by atoms with Gasteiger partial charge in [0.25, 0.3) is 0 Å². The minimum atomic E-state index is -3.63. The lowest BCUT2D eigenvalue weighted by Crippen LogP contribution is -2.36. The highest BCUT2D eigenvalue weighted by Crippen LogP contribution is 2.39. The molecule has 0 radical (unpaired) electrons. The number of rotatable bonds is 6. The van der Waals surface area contributed by atoms with E-state index in [0.29, 0.717) is 17.1 Å². The minimum absolute atomic E-state index is 0.0214. The van der Waals surface area contributed by atoms with Gasteiger partial charge in [-0.25, -0.2) is 8.42 Å². The standard InChI is InChI=1S/C23H25ClN2O4S/c1-14-3-6-18(13-20(14)24)25-22(27)9-10-31(29,30)19-7-8-21-17(12-19)11-15(2)26(21)23(28)16-4-5-16/h3,6-8,12-13,15-16H,4-5,9-11H2,1-2H3,(H,25,27)/t15-/m0/s1. The van der Waals surface area contributed by atoms with Gasteiger partial charge in [-0.2, -0.15) is 0 Å². The lowest BCUT2D eigenvalue weighted by Gasteiger charge is -2.22. The van der Waals surface area contributed by atoms with Crippen LogP contribution in [0.3, 0.4) is 0 Å². The van der Waals surface area contributed by atoms with Crippen molar-refractivity contribution in [2.24, 2.45) is 5.92 Å². The van der Waals surface area contributed by atoms with Crippen molar-refractivity contribution >= 4 is 44.6 Å². The second-order valence-corrected chi connectivity index (χ2v) is 10.9. The fourth-order valence-corrected chi connectivity index (χ4v) is 5.37. The average molecular weight is 461 g/mol. The summed E-state index contributed by atoms with van der Waals surface area (Å²) in [4.78, 5) is 26.8. The lowest BCUT2D eigenvalue weighted by atomic mass is 10.1. The molecule has 6 nitrogen and oxygen atoms in total. The molecule has 1 aliphatic heterocycles. The number of aryl methyl sites for hydroxylation is 1. The summed E-state index contributed by atoms with van der Waals surface area (Å²) in [6, 6.07) is 10.1. The number of nitrogens with zero attached hydrogens (tertiary/aromatic N) is 1. The molecule has 4 rings (SSSR count). The Balaban J connectivity index is 1.43. The van der Waals surface area contributed by atoms with Crippen LogP contribution < -0.4 is 10.2 Å². The maximum atomic E-state index is 12.8. The van der Waals surface area contributed by atoms with Crippen molar-refractivity contribution in [1.29, 1.82) is 0 Å². The molecule has 0 saturated heterocycles. The summed E-state index contributed by atoms with van der Waals surface area (Å²) in [5.41, 5.74) is 3.09.